The summed E-state index contributed by atoms with van der Waals surface area (Å²) < 4.78 is 5.56. The van der Waals surface area contributed by atoms with E-state index in [9.17, 15) is 14.4 Å². The molecule has 0 unspecified atom stereocenters. The molecule has 3 aliphatic rings. The van der Waals surface area contributed by atoms with Crippen LogP contribution in [0.4, 0.5) is 10.6 Å². The van der Waals surface area contributed by atoms with Gasteiger partial charge in [-0.3, -0.25) is 14.5 Å². The molecule has 1 saturated carbocycles. The van der Waals surface area contributed by atoms with Gasteiger partial charge in [-0.2, -0.15) is 0 Å². The smallest absolute Gasteiger partial charge is 0.327 e. The number of ether oxygens (including phenoxy) is 1. The summed E-state index contributed by atoms with van der Waals surface area (Å²) in [6.07, 6.45) is 6.20. The molecule has 31 heavy (non-hydrogen) atoms. The SMILES string of the molecule is C[C@@H]1CN(c2ccc(CNC(=O)CN3C(=O)N(C)C4(CCCCC4)C3=O)cn2)CCO1. The van der Waals surface area contributed by atoms with E-state index in [0.29, 0.717) is 26.0 Å². The zero-order chi connectivity index (χ0) is 22.0. The van der Waals surface area contributed by atoms with Crippen LogP contribution in [-0.2, 0) is 20.9 Å². The highest BCUT2D eigenvalue weighted by Gasteiger charge is 2.55. The van der Waals surface area contributed by atoms with E-state index in [2.05, 4.69) is 15.2 Å². The highest BCUT2D eigenvalue weighted by atomic mass is 16.5. The summed E-state index contributed by atoms with van der Waals surface area (Å²) in [7, 11) is 1.67. The largest absolute Gasteiger partial charge is 0.375 e. The number of hydrogen-bond donors (Lipinski definition) is 1. The number of likely N-dealkylation sites (N-methyl/N-ethyl adjacent to an activating group) is 1. The number of urea groups is 1. The Balaban J connectivity index is 1.31. The Hall–Kier alpha value is -2.68. The zero-order valence-electron chi connectivity index (χ0n) is 18.3. The molecule has 1 aliphatic carbocycles. The Kier molecular flexibility index (Phi) is 6.13. The van der Waals surface area contributed by atoms with Crippen LogP contribution in [0.25, 0.3) is 0 Å². The molecule has 0 radical (unpaired) electrons. The molecule has 9 nitrogen and oxygen atoms in total. The van der Waals surface area contributed by atoms with Crippen LogP contribution in [0.5, 0.6) is 0 Å². The van der Waals surface area contributed by atoms with Gasteiger partial charge in [0.1, 0.15) is 17.9 Å². The highest BCUT2D eigenvalue weighted by molar-refractivity contribution is 6.08. The molecular weight excluding hydrogens is 398 g/mol. The van der Waals surface area contributed by atoms with Gasteiger partial charge in [-0.1, -0.05) is 25.3 Å². The average Bonchev–Trinajstić information content (AvgIpc) is 2.95. The second-order valence-electron chi connectivity index (χ2n) is 8.75. The van der Waals surface area contributed by atoms with Gasteiger partial charge in [0.15, 0.2) is 0 Å². The molecule has 3 heterocycles. The first-order valence-electron chi connectivity index (χ1n) is 11.1. The van der Waals surface area contributed by atoms with Crippen LogP contribution < -0.4 is 10.2 Å². The van der Waals surface area contributed by atoms with Crippen molar-refractivity contribution in [1.82, 2.24) is 20.1 Å². The van der Waals surface area contributed by atoms with Crippen LogP contribution in [0.2, 0.25) is 0 Å². The zero-order valence-corrected chi connectivity index (χ0v) is 18.3. The summed E-state index contributed by atoms with van der Waals surface area (Å²) in [5, 5.41) is 2.80. The molecule has 4 rings (SSSR count). The Morgan fingerprint density at radius 2 is 2.03 bits per heavy atom. The molecule has 1 atom stereocenters. The maximum Gasteiger partial charge on any atom is 0.327 e. The lowest BCUT2D eigenvalue weighted by molar-refractivity contribution is -0.137. The van der Waals surface area contributed by atoms with Crippen LogP contribution in [-0.4, -0.2) is 77.6 Å². The summed E-state index contributed by atoms with van der Waals surface area (Å²) in [6, 6.07) is 3.49. The number of carbonyl (C=O) groups excluding carboxylic acids is 3. The first-order valence-corrected chi connectivity index (χ1v) is 11.1. The Labute approximate surface area is 182 Å². The van der Waals surface area contributed by atoms with Gasteiger partial charge in [0.25, 0.3) is 5.91 Å². The minimum atomic E-state index is -0.758. The number of amides is 4. The number of pyridine rings is 1. The Bertz CT molecular complexity index is 837. The third-order valence-electron chi connectivity index (χ3n) is 6.65. The molecule has 9 heteroatoms. The first-order chi connectivity index (χ1) is 14.9. The van der Waals surface area contributed by atoms with Gasteiger partial charge in [-0.15, -0.1) is 0 Å². The molecule has 168 valence electrons. The molecule has 1 aromatic rings. The van der Waals surface area contributed by atoms with Crippen LogP contribution in [0.1, 0.15) is 44.6 Å². The molecule has 2 saturated heterocycles. The Morgan fingerprint density at radius 3 is 2.71 bits per heavy atom. The molecule has 1 N–H and O–H groups in total. The van der Waals surface area contributed by atoms with Crippen molar-refractivity contribution >= 4 is 23.7 Å². The van der Waals surface area contributed by atoms with E-state index in [4.69, 9.17) is 4.74 Å². The van der Waals surface area contributed by atoms with Gasteiger partial charge in [0.05, 0.1) is 12.7 Å². The first kappa shape index (κ1) is 21.5. The van der Waals surface area contributed by atoms with Crippen molar-refractivity contribution in [2.45, 2.75) is 57.2 Å². The Morgan fingerprint density at radius 1 is 1.26 bits per heavy atom. The number of anilines is 1. The number of rotatable bonds is 5. The quantitative estimate of drug-likeness (QED) is 0.713. The summed E-state index contributed by atoms with van der Waals surface area (Å²) >= 11 is 0. The van der Waals surface area contributed by atoms with Crippen molar-refractivity contribution in [2.75, 3.05) is 38.2 Å². The van der Waals surface area contributed by atoms with Crippen molar-refractivity contribution in [3.63, 3.8) is 0 Å². The number of aromatic nitrogens is 1. The summed E-state index contributed by atoms with van der Waals surface area (Å²) in [4.78, 5) is 47.4. The van der Waals surface area contributed by atoms with Crippen LogP contribution in [0.3, 0.4) is 0 Å². The van der Waals surface area contributed by atoms with E-state index in [-0.39, 0.29) is 30.5 Å². The predicted molar refractivity (Wildman–Crippen MR) is 114 cm³/mol. The molecule has 1 aromatic heterocycles. The molecule has 0 aromatic carbocycles. The second-order valence-corrected chi connectivity index (χ2v) is 8.75. The van der Waals surface area contributed by atoms with E-state index in [1.807, 2.05) is 19.1 Å². The number of morpholine rings is 1. The lowest BCUT2D eigenvalue weighted by atomic mass is 9.81. The molecule has 1 spiro atoms. The second kappa shape index (κ2) is 8.82. The molecule has 3 fully saturated rings. The topological polar surface area (TPSA) is 95.1 Å². The van der Waals surface area contributed by atoms with Crippen molar-refractivity contribution in [3.05, 3.63) is 23.9 Å². The average molecular weight is 430 g/mol. The lowest BCUT2D eigenvalue weighted by Crippen LogP contribution is -2.49. The van der Waals surface area contributed by atoms with Gasteiger partial charge < -0.3 is 19.9 Å². The van der Waals surface area contributed by atoms with Crippen molar-refractivity contribution in [3.8, 4) is 0 Å². The maximum absolute atomic E-state index is 13.0. The minimum absolute atomic E-state index is 0.178. The van der Waals surface area contributed by atoms with Crippen molar-refractivity contribution in [2.24, 2.45) is 0 Å². The van der Waals surface area contributed by atoms with E-state index >= 15 is 0 Å². The number of nitrogens with zero attached hydrogens (tertiary/aromatic N) is 4. The highest BCUT2D eigenvalue weighted by Crippen LogP contribution is 2.39. The minimum Gasteiger partial charge on any atom is -0.375 e. The van der Waals surface area contributed by atoms with Crippen LogP contribution in [0.15, 0.2) is 18.3 Å². The fourth-order valence-electron chi connectivity index (χ4n) is 4.81. The van der Waals surface area contributed by atoms with Crippen molar-refractivity contribution in [1.29, 1.82) is 0 Å². The van der Waals surface area contributed by atoms with E-state index in [0.717, 1.165) is 48.6 Å². The van der Waals surface area contributed by atoms with Gasteiger partial charge in [-0.05, 0) is 31.4 Å². The van der Waals surface area contributed by atoms with Crippen LogP contribution in [0, 0.1) is 0 Å². The van der Waals surface area contributed by atoms with Crippen LogP contribution >= 0.6 is 0 Å². The van der Waals surface area contributed by atoms with E-state index in [1.165, 1.54) is 4.90 Å². The lowest BCUT2D eigenvalue weighted by Gasteiger charge is -2.35. The standard InChI is InChI=1S/C22H31N5O4/c1-16-14-26(10-11-31-16)18-7-6-17(12-23-18)13-24-19(28)15-27-20(29)22(25(2)21(27)30)8-4-3-5-9-22/h6-7,12,16H,3-5,8-11,13-15H2,1-2H3,(H,24,28)/t16-/m1/s1. The summed E-state index contributed by atoms with van der Waals surface area (Å²) in [5.74, 6) is 0.300. The fourth-order valence-corrected chi connectivity index (χ4v) is 4.81. The summed E-state index contributed by atoms with van der Waals surface area (Å²) in [5.41, 5.74) is 0.102. The summed E-state index contributed by atoms with van der Waals surface area (Å²) in [6.45, 7) is 4.38. The maximum atomic E-state index is 13.0. The van der Waals surface area contributed by atoms with Gasteiger partial charge >= 0.3 is 6.03 Å². The number of hydrogen-bond acceptors (Lipinski definition) is 6. The molecule has 2 aliphatic heterocycles. The fraction of sp³-hybridized carbons (Fsp3) is 0.636. The number of carbonyl (C=O) groups is 3. The van der Waals surface area contributed by atoms with E-state index in [1.54, 1.807) is 13.2 Å². The normalized spacial score (nSPS) is 23.5. The monoisotopic (exact) mass is 429 g/mol. The van der Waals surface area contributed by atoms with Gasteiger partial charge in [0.2, 0.25) is 5.91 Å². The van der Waals surface area contributed by atoms with Gasteiger partial charge in [0, 0.05) is 32.9 Å². The predicted octanol–water partition coefficient (Wildman–Crippen LogP) is 1.52. The molecule has 4 amide bonds. The number of imide groups is 1. The third-order valence-corrected chi connectivity index (χ3v) is 6.65. The van der Waals surface area contributed by atoms with Gasteiger partial charge in [-0.25, -0.2) is 9.78 Å². The molecule has 0 bridgehead atoms. The van der Waals surface area contributed by atoms with E-state index < -0.39 is 5.54 Å². The number of nitrogens with one attached hydrogen (secondary N) is 1. The molecular formula is C22H31N5O4. The van der Waals surface area contributed by atoms with Crippen molar-refractivity contribution < 1.29 is 19.1 Å². The third kappa shape index (κ3) is 4.23.